The molecule has 178 valence electrons. The number of H-pyrrole nitrogens is 1. The van der Waals surface area contributed by atoms with E-state index in [4.69, 9.17) is 4.74 Å². The van der Waals surface area contributed by atoms with E-state index >= 15 is 4.39 Å². The number of aliphatic hydroxyl groups is 1. The summed E-state index contributed by atoms with van der Waals surface area (Å²) in [6.07, 6.45) is 3.18. The molecule has 8 nitrogen and oxygen atoms in total. The van der Waals surface area contributed by atoms with E-state index in [0.29, 0.717) is 15.8 Å². The van der Waals surface area contributed by atoms with E-state index in [2.05, 4.69) is 15.3 Å². The lowest BCUT2D eigenvalue weighted by molar-refractivity contribution is 0.0785. The first-order valence-corrected chi connectivity index (χ1v) is 11.3. The summed E-state index contributed by atoms with van der Waals surface area (Å²) in [5, 5.41) is 13.6. The Balaban J connectivity index is 2.02. The molecule has 0 unspecified atom stereocenters. The zero-order valence-corrected chi connectivity index (χ0v) is 20.5. The maximum Gasteiger partial charge on any atom is 0.274 e. The summed E-state index contributed by atoms with van der Waals surface area (Å²) >= 11 is 1.02. The Morgan fingerprint density at radius 3 is 2.65 bits per heavy atom. The van der Waals surface area contributed by atoms with E-state index in [-0.39, 0.29) is 33.3 Å². The smallest absolute Gasteiger partial charge is 0.274 e. The zero-order valence-electron chi connectivity index (χ0n) is 19.7. The summed E-state index contributed by atoms with van der Waals surface area (Å²) in [7, 11) is 3.05. The number of hydrogen-bond donors (Lipinski definition) is 3. The number of amides is 1. The Morgan fingerprint density at radius 2 is 2.03 bits per heavy atom. The molecule has 0 fully saturated rings. The molecular weight excluding hydrogens is 459 g/mol. The molecule has 0 saturated carbocycles. The molecule has 1 amide bonds. The molecule has 0 aliphatic rings. The Labute approximate surface area is 199 Å². The Morgan fingerprint density at radius 1 is 1.32 bits per heavy atom. The van der Waals surface area contributed by atoms with Gasteiger partial charge in [0.15, 0.2) is 11.6 Å². The highest BCUT2D eigenvalue weighted by atomic mass is 32.1. The van der Waals surface area contributed by atoms with Gasteiger partial charge in [0.2, 0.25) is 5.88 Å². The molecular formula is C24H25FN4O4S. The lowest BCUT2D eigenvalue weighted by atomic mass is 10.1. The number of fused-ring (bicyclic) bond motifs is 1. The second kappa shape index (κ2) is 8.37. The Hall–Kier alpha value is -3.50. The van der Waals surface area contributed by atoms with Crippen molar-refractivity contribution in [3.05, 3.63) is 62.4 Å². The van der Waals surface area contributed by atoms with E-state index in [0.717, 1.165) is 22.5 Å². The quantitative estimate of drug-likeness (QED) is 0.395. The fourth-order valence-corrected chi connectivity index (χ4v) is 4.87. The summed E-state index contributed by atoms with van der Waals surface area (Å²) in [4.78, 5) is 32.6. The third kappa shape index (κ3) is 3.99. The highest BCUT2D eigenvalue weighted by Gasteiger charge is 2.32. The number of pyridine rings is 2. The minimum Gasteiger partial charge on any atom is -0.434 e. The molecule has 0 spiro atoms. The largest absolute Gasteiger partial charge is 0.434 e. The molecule has 0 radical (unpaired) electrons. The van der Waals surface area contributed by atoms with Crippen molar-refractivity contribution in [3.63, 3.8) is 0 Å². The van der Waals surface area contributed by atoms with Crippen molar-refractivity contribution in [2.24, 2.45) is 7.05 Å². The normalized spacial score (nSPS) is 11.8. The first kappa shape index (κ1) is 23.7. The van der Waals surface area contributed by atoms with Crippen LogP contribution in [0.4, 0.5) is 4.39 Å². The minimum atomic E-state index is -1.48. The third-order valence-electron chi connectivity index (χ3n) is 5.41. The standard InChI is InChI=1S/C24H25FN4O4S/c1-11-7-12(2)22(27-9-11)33-18-16(25)20(24(3,4)32)34-19(18)14-10-29(6)23(31)17-13(14)8-15(28-17)21(30)26-5/h7-10,28,32H,1-6H3,(H,26,30). The van der Waals surface area contributed by atoms with Crippen molar-refractivity contribution in [2.75, 3.05) is 7.05 Å². The highest BCUT2D eigenvalue weighted by Crippen LogP contribution is 2.48. The molecule has 0 aliphatic carbocycles. The summed E-state index contributed by atoms with van der Waals surface area (Å²) in [5.74, 6) is -0.982. The van der Waals surface area contributed by atoms with Gasteiger partial charge in [0.05, 0.1) is 15.4 Å². The average molecular weight is 485 g/mol. The summed E-state index contributed by atoms with van der Waals surface area (Å²) in [6.45, 7) is 6.68. The number of aromatic amines is 1. The van der Waals surface area contributed by atoms with Crippen molar-refractivity contribution in [1.82, 2.24) is 19.9 Å². The highest BCUT2D eigenvalue weighted by molar-refractivity contribution is 7.16. The number of aryl methyl sites for hydroxylation is 3. The van der Waals surface area contributed by atoms with Gasteiger partial charge in [0.25, 0.3) is 11.5 Å². The summed E-state index contributed by atoms with van der Waals surface area (Å²) in [5.41, 5.74) is 0.701. The first-order valence-electron chi connectivity index (χ1n) is 10.5. The number of aromatic nitrogens is 3. The van der Waals surface area contributed by atoms with Gasteiger partial charge >= 0.3 is 0 Å². The van der Waals surface area contributed by atoms with Gasteiger partial charge in [-0.05, 0) is 45.4 Å². The van der Waals surface area contributed by atoms with Gasteiger partial charge in [-0.15, -0.1) is 11.3 Å². The SMILES string of the molecule is CNC(=O)c1cc2c(-c3sc(C(C)(C)O)c(F)c3Oc3ncc(C)cc3C)cn(C)c(=O)c2[nH]1. The predicted octanol–water partition coefficient (Wildman–Crippen LogP) is 4.13. The van der Waals surface area contributed by atoms with E-state index in [1.807, 2.05) is 19.9 Å². The average Bonchev–Trinajstić information content (AvgIpc) is 3.34. The lowest BCUT2D eigenvalue weighted by Crippen LogP contribution is -2.19. The predicted molar refractivity (Wildman–Crippen MR) is 129 cm³/mol. The minimum absolute atomic E-state index is 0.0753. The fraction of sp³-hybridized carbons (Fsp3) is 0.292. The zero-order chi connectivity index (χ0) is 24.9. The summed E-state index contributed by atoms with van der Waals surface area (Å²) < 4.78 is 23.0. The van der Waals surface area contributed by atoms with Crippen LogP contribution < -0.4 is 15.6 Å². The lowest BCUT2D eigenvalue weighted by Gasteiger charge is -2.14. The van der Waals surface area contributed by atoms with Gasteiger partial charge in [-0.1, -0.05) is 0 Å². The van der Waals surface area contributed by atoms with Crippen molar-refractivity contribution < 1.29 is 19.0 Å². The van der Waals surface area contributed by atoms with Crippen LogP contribution in [-0.4, -0.2) is 32.6 Å². The summed E-state index contributed by atoms with van der Waals surface area (Å²) in [6, 6.07) is 3.42. The topological polar surface area (TPSA) is 109 Å². The molecule has 0 saturated heterocycles. The van der Waals surface area contributed by atoms with Gasteiger partial charge in [0, 0.05) is 43.0 Å². The van der Waals surface area contributed by atoms with Crippen molar-refractivity contribution in [3.8, 4) is 22.1 Å². The number of halogens is 1. The number of rotatable bonds is 5. The Kier molecular flexibility index (Phi) is 5.82. The van der Waals surface area contributed by atoms with Crippen LogP contribution in [0.25, 0.3) is 21.3 Å². The number of ether oxygens (including phenoxy) is 1. The molecule has 4 rings (SSSR count). The van der Waals surface area contributed by atoms with E-state index in [1.54, 1.807) is 25.5 Å². The number of thiophene rings is 1. The molecule has 4 aromatic rings. The molecule has 0 aromatic carbocycles. The van der Waals surface area contributed by atoms with Crippen LogP contribution in [0.2, 0.25) is 0 Å². The number of nitrogens with zero attached hydrogens (tertiary/aromatic N) is 2. The van der Waals surface area contributed by atoms with Gasteiger partial charge in [-0.25, -0.2) is 9.37 Å². The molecule has 4 aromatic heterocycles. The second-order valence-electron chi connectivity index (χ2n) is 8.71. The molecule has 0 bridgehead atoms. The van der Waals surface area contributed by atoms with Crippen LogP contribution in [0, 0.1) is 19.7 Å². The molecule has 34 heavy (non-hydrogen) atoms. The first-order chi connectivity index (χ1) is 15.9. The van der Waals surface area contributed by atoms with E-state index in [1.165, 1.54) is 25.5 Å². The number of carbonyl (C=O) groups is 1. The Bertz CT molecular complexity index is 1490. The maximum absolute atomic E-state index is 15.7. The molecule has 4 heterocycles. The van der Waals surface area contributed by atoms with Crippen LogP contribution in [0.1, 0.15) is 40.3 Å². The van der Waals surface area contributed by atoms with Crippen molar-refractivity contribution in [2.45, 2.75) is 33.3 Å². The fourth-order valence-electron chi connectivity index (χ4n) is 3.74. The van der Waals surface area contributed by atoms with Gasteiger partial charge in [0.1, 0.15) is 11.2 Å². The molecule has 0 aliphatic heterocycles. The number of nitrogens with one attached hydrogen (secondary N) is 2. The molecule has 0 atom stereocenters. The van der Waals surface area contributed by atoms with Crippen LogP contribution in [-0.2, 0) is 12.6 Å². The van der Waals surface area contributed by atoms with Crippen LogP contribution >= 0.6 is 11.3 Å². The van der Waals surface area contributed by atoms with Crippen molar-refractivity contribution >= 4 is 28.1 Å². The maximum atomic E-state index is 15.7. The van der Waals surface area contributed by atoms with Crippen LogP contribution in [0.3, 0.4) is 0 Å². The number of carbonyl (C=O) groups excluding carboxylic acids is 1. The van der Waals surface area contributed by atoms with E-state index in [9.17, 15) is 14.7 Å². The van der Waals surface area contributed by atoms with Crippen molar-refractivity contribution in [1.29, 1.82) is 0 Å². The van der Waals surface area contributed by atoms with Crippen LogP contribution in [0.5, 0.6) is 11.6 Å². The second-order valence-corrected chi connectivity index (χ2v) is 9.73. The van der Waals surface area contributed by atoms with Gasteiger partial charge < -0.3 is 24.7 Å². The van der Waals surface area contributed by atoms with Gasteiger partial charge in [-0.2, -0.15) is 0 Å². The monoisotopic (exact) mass is 484 g/mol. The number of hydrogen-bond acceptors (Lipinski definition) is 6. The molecule has 3 N–H and O–H groups in total. The van der Waals surface area contributed by atoms with Gasteiger partial charge in [-0.3, -0.25) is 9.59 Å². The van der Waals surface area contributed by atoms with E-state index < -0.39 is 17.3 Å². The van der Waals surface area contributed by atoms with Crippen LogP contribution in [0.15, 0.2) is 29.3 Å². The molecule has 10 heteroatoms. The third-order valence-corrected chi connectivity index (χ3v) is 6.90.